The van der Waals surface area contributed by atoms with Crippen LogP contribution >= 0.6 is 36.4 Å². The van der Waals surface area contributed by atoms with Crippen molar-refractivity contribution in [2.45, 2.75) is 26.2 Å². The van der Waals surface area contributed by atoms with Crippen LogP contribution in [0.1, 0.15) is 26.2 Å². The number of nitrogens with one attached hydrogen (secondary N) is 1. The topological polar surface area (TPSA) is 44.8 Å². The summed E-state index contributed by atoms with van der Waals surface area (Å²) < 4.78 is 5.77. The van der Waals surface area contributed by atoms with E-state index in [1.165, 1.54) is 12.8 Å². The number of carbonyl (C=O) groups excluding carboxylic acids is 1. The van der Waals surface area contributed by atoms with Crippen LogP contribution in [0.15, 0.2) is 24.3 Å². The van der Waals surface area contributed by atoms with Gasteiger partial charge < -0.3 is 15.0 Å². The predicted octanol–water partition coefficient (Wildman–Crippen LogP) is 3.73. The number of hydrogen-bond acceptors (Lipinski definition) is 4. The number of piperidine rings is 1. The smallest absolute Gasteiger partial charge is 0.222 e. The number of ether oxygens (including phenoxy) is 1. The van der Waals surface area contributed by atoms with Gasteiger partial charge in [-0.3, -0.25) is 9.69 Å². The zero-order valence-electron chi connectivity index (χ0n) is 17.1. The summed E-state index contributed by atoms with van der Waals surface area (Å²) in [5.74, 6) is 2.16. The van der Waals surface area contributed by atoms with E-state index < -0.39 is 0 Å². The highest BCUT2D eigenvalue weighted by molar-refractivity contribution is 6.32. The fraction of sp³-hybridized carbons (Fsp3) is 0.667. The second-order valence-electron chi connectivity index (χ2n) is 7.79. The Morgan fingerprint density at radius 1 is 1.24 bits per heavy atom. The molecule has 0 spiro atoms. The van der Waals surface area contributed by atoms with E-state index in [0.29, 0.717) is 35.8 Å². The molecule has 2 fully saturated rings. The molecule has 1 aromatic rings. The van der Waals surface area contributed by atoms with Gasteiger partial charge in [-0.15, -0.1) is 24.8 Å². The second kappa shape index (κ2) is 13.6. The maximum Gasteiger partial charge on any atom is 0.222 e. The number of amides is 1. The van der Waals surface area contributed by atoms with Crippen LogP contribution in [0.3, 0.4) is 0 Å². The summed E-state index contributed by atoms with van der Waals surface area (Å²) >= 11 is 6.11. The van der Waals surface area contributed by atoms with E-state index in [2.05, 4.69) is 17.1 Å². The predicted molar refractivity (Wildman–Crippen MR) is 124 cm³/mol. The number of hydrogen-bond donors (Lipinski definition) is 1. The van der Waals surface area contributed by atoms with Crippen molar-refractivity contribution in [3.63, 3.8) is 0 Å². The van der Waals surface area contributed by atoms with Crippen molar-refractivity contribution >= 4 is 42.3 Å². The summed E-state index contributed by atoms with van der Waals surface area (Å²) in [5.41, 5.74) is 0. The molecule has 0 saturated carbocycles. The third-order valence-electron chi connectivity index (χ3n) is 5.86. The molecule has 1 amide bonds. The molecule has 2 unspecified atom stereocenters. The molecule has 2 atom stereocenters. The molecule has 0 bridgehead atoms. The van der Waals surface area contributed by atoms with Gasteiger partial charge in [-0.1, -0.05) is 30.7 Å². The van der Waals surface area contributed by atoms with Crippen molar-refractivity contribution < 1.29 is 9.53 Å². The van der Waals surface area contributed by atoms with Gasteiger partial charge >= 0.3 is 0 Å². The molecule has 8 heteroatoms. The maximum atomic E-state index is 12.6. The number of piperazine rings is 1. The quantitative estimate of drug-likeness (QED) is 0.665. The zero-order valence-corrected chi connectivity index (χ0v) is 19.5. The molecule has 0 radical (unpaired) electrons. The minimum absolute atomic E-state index is 0. The SMILES string of the molecule is CC(CC(=O)N1CCN(CCOc2ccccc2Cl)CC1)C1CCCNC1.Cl.Cl. The molecule has 29 heavy (non-hydrogen) atoms. The van der Waals surface area contributed by atoms with Crippen molar-refractivity contribution in [3.8, 4) is 5.75 Å². The van der Waals surface area contributed by atoms with Gasteiger partial charge in [0.05, 0.1) is 5.02 Å². The average molecular weight is 467 g/mol. The minimum Gasteiger partial charge on any atom is -0.491 e. The monoisotopic (exact) mass is 465 g/mol. The van der Waals surface area contributed by atoms with Gasteiger partial charge in [-0.2, -0.15) is 0 Å². The Morgan fingerprint density at radius 3 is 2.62 bits per heavy atom. The Balaban J connectivity index is 0.00000210. The fourth-order valence-corrected chi connectivity index (χ4v) is 4.19. The highest BCUT2D eigenvalue weighted by Crippen LogP contribution is 2.24. The molecule has 2 aliphatic rings. The molecule has 1 aromatic carbocycles. The molecule has 5 nitrogen and oxygen atoms in total. The second-order valence-corrected chi connectivity index (χ2v) is 8.20. The lowest BCUT2D eigenvalue weighted by atomic mass is 9.85. The van der Waals surface area contributed by atoms with Crippen molar-refractivity contribution in [3.05, 3.63) is 29.3 Å². The van der Waals surface area contributed by atoms with Crippen molar-refractivity contribution in [1.29, 1.82) is 0 Å². The first-order valence-corrected chi connectivity index (χ1v) is 10.6. The van der Waals surface area contributed by atoms with Crippen LogP contribution in [-0.2, 0) is 4.79 Å². The number of benzene rings is 1. The molecule has 166 valence electrons. The summed E-state index contributed by atoms with van der Waals surface area (Å²) in [5, 5.41) is 4.11. The van der Waals surface area contributed by atoms with E-state index in [1.807, 2.05) is 29.2 Å². The first kappa shape index (κ1) is 26.3. The van der Waals surface area contributed by atoms with Crippen molar-refractivity contribution in [2.24, 2.45) is 11.8 Å². The third-order valence-corrected chi connectivity index (χ3v) is 6.18. The third kappa shape index (κ3) is 8.14. The van der Waals surface area contributed by atoms with E-state index in [-0.39, 0.29) is 24.8 Å². The van der Waals surface area contributed by atoms with Crippen molar-refractivity contribution in [2.75, 3.05) is 52.4 Å². The Morgan fingerprint density at radius 2 is 1.97 bits per heavy atom. The normalized spacial score (nSPS) is 20.9. The molecular formula is C21H34Cl3N3O2. The summed E-state index contributed by atoms with van der Waals surface area (Å²) in [6.45, 7) is 9.36. The molecular weight excluding hydrogens is 433 g/mol. The van der Waals surface area contributed by atoms with Gasteiger partial charge in [0.2, 0.25) is 5.91 Å². The molecule has 3 rings (SSSR count). The first-order valence-electron chi connectivity index (χ1n) is 10.2. The van der Waals surface area contributed by atoms with Crippen LogP contribution in [0.25, 0.3) is 0 Å². The van der Waals surface area contributed by atoms with Crippen LogP contribution < -0.4 is 10.1 Å². The maximum absolute atomic E-state index is 12.6. The molecule has 2 saturated heterocycles. The molecule has 1 N–H and O–H groups in total. The van der Waals surface area contributed by atoms with Gasteiger partial charge in [0.1, 0.15) is 12.4 Å². The largest absolute Gasteiger partial charge is 0.491 e. The average Bonchev–Trinajstić information content (AvgIpc) is 2.70. The van der Waals surface area contributed by atoms with E-state index in [4.69, 9.17) is 16.3 Å². The minimum atomic E-state index is 0. The van der Waals surface area contributed by atoms with Crippen molar-refractivity contribution in [1.82, 2.24) is 15.1 Å². The highest BCUT2D eigenvalue weighted by atomic mass is 35.5. The van der Waals surface area contributed by atoms with Gasteiger partial charge in [0.25, 0.3) is 0 Å². The molecule has 2 heterocycles. The van der Waals surface area contributed by atoms with Gasteiger partial charge in [-0.05, 0) is 49.9 Å². The standard InChI is InChI=1S/C21H32ClN3O2.2ClH/c1-17(18-5-4-8-23-16-18)15-21(26)25-11-9-24(10-12-25)13-14-27-20-7-3-2-6-19(20)22;;/h2-3,6-7,17-18,23H,4-5,8-16H2,1H3;2*1H. The lowest BCUT2D eigenvalue weighted by Crippen LogP contribution is -2.50. The Labute approximate surface area is 192 Å². The highest BCUT2D eigenvalue weighted by Gasteiger charge is 2.26. The number of halogens is 3. The van der Waals surface area contributed by atoms with E-state index >= 15 is 0 Å². The van der Waals surface area contributed by atoms with E-state index in [1.54, 1.807) is 0 Å². The van der Waals surface area contributed by atoms with Crippen LogP contribution in [0.5, 0.6) is 5.75 Å². The number of para-hydroxylation sites is 1. The van der Waals surface area contributed by atoms with Crippen LogP contribution in [0.4, 0.5) is 0 Å². The molecule has 0 aromatic heterocycles. The Bertz CT molecular complexity index is 607. The lowest BCUT2D eigenvalue weighted by molar-refractivity contribution is -0.134. The van der Waals surface area contributed by atoms with E-state index in [9.17, 15) is 4.79 Å². The Kier molecular flexibility index (Phi) is 12.3. The summed E-state index contributed by atoms with van der Waals surface area (Å²) in [7, 11) is 0. The van der Waals surface area contributed by atoms with Crippen LogP contribution in [-0.4, -0.2) is 68.1 Å². The summed E-state index contributed by atoms with van der Waals surface area (Å²) in [6.07, 6.45) is 3.17. The number of rotatable bonds is 7. The van der Waals surface area contributed by atoms with Crippen LogP contribution in [0.2, 0.25) is 5.02 Å². The lowest BCUT2D eigenvalue weighted by Gasteiger charge is -2.36. The van der Waals surface area contributed by atoms with E-state index in [0.717, 1.165) is 51.6 Å². The zero-order chi connectivity index (χ0) is 19.1. The molecule has 2 aliphatic heterocycles. The van der Waals surface area contributed by atoms with Gasteiger partial charge in [0.15, 0.2) is 0 Å². The summed E-state index contributed by atoms with van der Waals surface area (Å²) in [6, 6.07) is 7.56. The van der Waals surface area contributed by atoms with Gasteiger partial charge in [-0.25, -0.2) is 0 Å². The number of carbonyl (C=O) groups is 1. The first-order chi connectivity index (χ1) is 13.1. The Hall–Kier alpha value is -0.720. The number of nitrogens with zero attached hydrogens (tertiary/aromatic N) is 2. The molecule has 0 aliphatic carbocycles. The fourth-order valence-electron chi connectivity index (χ4n) is 4.00. The summed E-state index contributed by atoms with van der Waals surface area (Å²) in [4.78, 5) is 17.0. The van der Waals surface area contributed by atoms with Gasteiger partial charge in [0, 0.05) is 39.1 Å². The van der Waals surface area contributed by atoms with Crippen LogP contribution in [0, 0.1) is 11.8 Å².